The molecule has 0 radical (unpaired) electrons. The normalized spacial score (nSPS) is 10.9. The maximum Gasteiger partial charge on any atom is 0.354 e. The van der Waals surface area contributed by atoms with Crippen molar-refractivity contribution in [3.05, 3.63) is 39.5 Å². The van der Waals surface area contributed by atoms with Gasteiger partial charge in [-0.15, -0.1) is 0 Å². The highest BCUT2D eigenvalue weighted by molar-refractivity contribution is 6.39. The summed E-state index contributed by atoms with van der Waals surface area (Å²) in [6, 6.07) is 3.36. The van der Waals surface area contributed by atoms with E-state index in [0.29, 0.717) is 15.7 Å². The van der Waals surface area contributed by atoms with Gasteiger partial charge >= 0.3 is 11.9 Å². The van der Waals surface area contributed by atoms with Crippen LogP contribution in [0.1, 0.15) is 5.56 Å². The average molecular weight is 318 g/mol. The van der Waals surface area contributed by atoms with Crippen LogP contribution in [0.5, 0.6) is 0 Å². The molecule has 0 amide bonds. The number of aryl methyl sites for hydroxylation is 1. The van der Waals surface area contributed by atoms with E-state index in [4.69, 9.17) is 23.2 Å². The molecule has 0 atom stereocenters. The van der Waals surface area contributed by atoms with Gasteiger partial charge in [0, 0.05) is 0 Å². The van der Waals surface area contributed by atoms with Gasteiger partial charge in [-0.05, 0) is 18.6 Å². The lowest BCUT2D eigenvalue weighted by molar-refractivity contribution is -0.138. The van der Waals surface area contributed by atoms with Crippen LogP contribution in [0.25, 0.3) is 0 Å². The van der Waals surface area contributed by atoms with E-state index in [9.17, 15) is 9.59 Å². The van der Waals surface area contributed by atoms with Gasteiger partial charge in [0.15, 0.2) is 0 Å². The Balaban J connectivity index is 3.21. The monoisotopic (exact) mass is 317 g/mol. The molecule has 1 rings (SSSR count). The predicted octanol–water partition coefficient (Wildman–Crippen LogP) is 2.94. The summed E-state index contributed by atoms with van der Waals surface area (Å²) < 4.78 is 9.04. The third kappa shape index (κ3) is 3.88. The van der Waals surface area contributed by atoms with Crippen LogP contribution in [0, 0.1) is 6.92 Å². The molecule has 108 valence electrons. The van der Waals surface area contributed by atoms with Gasteiger partial charge in [-0.25, -0.2) is 9.59 Å². The van der Waals surface area contributed by atoms with Gasteiger partial charge in [0.1, 0.15) is 5.70 Å². The zero-order valence-corrected chi connectivity index (χ0v) is 12.6. The maximum atomic E-state index is 11.6. The molecule has 0 spiro atoms. The predicted molar refractivity (Wildman–Crippen MR) is 76.9 cm³/mol. The van der Waals surface area contributed by atoms with Crippen molar-refractivity contribution in [1.82, 2.24) is 0 Å². The van der Waals surface area contributed by atoms with E-state index < -0.39 is 11.9 Å². The highest BCUT2D eigenvalue weighted by Crippen LogP contribution is 2.33. The van der Waals surface area contributed by atoms with E-state index in [1.165, 1.54) is 14.2 Å². The Bertz CT molecular complexity index is 570. The number of benzene rings is 1. The van der Waals surface area contributed by atoms with Crippen LogP contribution >= 0.6 is 23.2 Å². The molecule has 1 N–H and O–H groups in total. The number of ether oxygens (including phenoxy) is 2. The fourth-order valence-electron chi connectivity index (χ4n) is 1.34. The largest absolute Gasteiger partial charge is 0.466 e. The molecule has 5 nitrogen and oxygen atoms in total. The van der Waals surface area contributed by atoms with Gasteiger partial charge in [-0.2, -0.15) is 0 Å². The number of hydrogen-bond donors (Lipinski definition) is 1. The van der Waals surface area contributed by atoms with Gasteiger partial charge in [-0.1, -0.05) is 29.3 Å². The number of hydrogen-bond acceptors (Lipinski definition) is 5. The zero-order valence-electron chi connectivity index (χ0n) is 11.1. The van der Waals surface area contributed by atoms with Crippen molar-refractivity contribution < 1.29 is 19.1 Å². The SMILES string of the molecule is COC(=O)/C=C(/Nc1c(Cl)ccc(C)c1Cl)C(=O)OC. The third-order valence-electron chi connectivity index (χ3n) is 2.41. The summed E-state index contributed by atoms with van der Waals surface area (Å²) in [5.74, 6) is -1.46. The number of rotatable bonds is 4. The summed E-state index contributed by atoms with van der Waals surface area (Å²) >= 11 is 12.1. The standard InChI is InChI=1S/C13H13Cl2NO4/c1-7-4-5-8(14)12(11(7)15)16-9(13(18)20-3)6-10(17)19-2/h4-6,16H,1-3H3/b9-6+. The van der Waals surface area contributed by atoms with Crippen molar-refractivity contribution in [3.63, 3.8) is 0 Å². The van der Waals surface area contributed by atoms with Crippen molar-refractivity contribution >= 4 is 40.8 Å². The van der Waals surface area contributed by atoms with Crippen LogP contribution in [0.2, 0.25) is 10.0 Å². The summed E-state index contributed by atoms with van der Waals surface area (Å²) in [7, 11) is 2.38. The smallest absolute Gasteiger partial charge is 0.354 e. The van der Waals surface area contributed by atoms with Gasteiger partial charge in [0.05, 0.1) is 36.0 Å². The lowest BCUT2D eigenvalue weighted by Crippen LogP contribution is -2.16. The molecule has 0 heterocycles. The first-order valence-corrected chi connectivity index (χ1v) is 6.25. The highest BCUT2D eigenvalue weighted by atomic mass is 35.5. The molecular weight excluding hydrogens is 305 g/mol. The minimum atomic E-state index is -0.746. The van der Waals surface area contributed by atoms with Gasteiger partial charge in [0.2, 0.25) is 0 Å². The first-order chi connectivity index (χ1) is 9.40. The quantitative estimate of drug-likeness (QED) is 0.683. The Morgan fingerprint density at radius 3 is 2.40 bits per heavy atom. The average Bonchev–Trinajstić information content (AvgIpc) is 2.45. The second kappa shape index (κ2) is 7.17. The van der Waals surface area contributed by atoms with Crippen molar-refractivity contribution in [3.8, 4) is 0 Å². The Hall–Kier alpha value is -1.72. The molecule has 0 unspecified atom stereocenters. The number of methoxy groups -OCH3 is 2. The van der Waals surface area contributed by atoms with Crippen LogP contribution in [0.15, 0.2) is 23.9 Å². The molecule has 1 aromatic carbocycles. The van der Waals surface area contributed by atoms with Gasteiger partial charge in [-0.3, -0.25) is 0 Å². The summed E-state index contributed by atoms with van der Waals surface area (Å²) in [5, 5.41) is 3.34. The number of carbonyl (C=O) groups is 2. The van der Waals surface area contributed by atoms with E-state index in [1.54, 1.807) is 19.1 Å². The summed E-state index contributed by atoms with van der Waals surface area (Å²) in [6.45, 7) is 1.78. The van der Waals surface area contributed by atoms with Gasteiger partial charge in [0.25, 0.3) is 0 Å². The van der Waals surface area contributed by atoms with Gasteiger partial charge < -0.3 is 14.8 Å². The van der Waals surface area contributed by atoms with Crippen LogP contribution in [0.4, 0.5) is 5.69 Å². The Morgan fingerprint density at radius 1 is 1.20 bits per heavy atom. The van der Waals surface area contributed by atoms with E-state index in [0.717, 1.165) is 11.6 Å². The molecule has 0 bridgehead atoms. The maximum absolute atomic E-state index is 11.6. The fourth-order valence-corrected chi connectivity index (χ4v) is 1.80. The topological polar surface area (TPSA) is 64.6 Å². The Morgan fingerprint density at radius 2 is 1.85 bits per heavy atom. The van der Waals surface area contributed by atoms with E-state index in [-0.39, 0.29) is 5.70 Å². The zero-order chi connectivity index (χ0) is 15.3. The number of nitrogens with one attached hydrogen (secondary N) is 1. The molecular formula is C13H13Cl2NO4. The molecule has 20 heavy (non-hydrogen) atoms. The minimum Gasteiger partial charge on any atom is -0.466 e. The van der Waals surface area contributed by atoms with Crippen LogP contribution in [0.3, 0.4) is 0 Å². The van der Waals surface area contributed by atoms with Crippen LogP contribution < -0.4 is 5.32 Å². The fraction of sp³-hybridized carbons (Fsp3) is 0.231. The summed E-state index contributed by atoms with van der Waals surface area (Å²) in [4.78, 5) is 22.9. The lowest BCUT2D eigenvalue weighted by Gasteiger charge is -2.13. The van der Waals surface area contributed by atoms with Crippen molar-refractivity contribution in [2.75, 3.05) is 19.5 Å². The third-order valence-corrected chi connectivity index (χ3v) is 3.21. The van der Waals surface area contributed by atoms with Crippen molar-refractivity contribution in [2.24, 2.45) is 0 Å². The Kier molecular flexibility index (Phi) is 5.85. The highest BCUT2D eigenvalue weighted by Gasteiger charge is 2.16. The van der Waals surface area contributed by atoms with E-state index in [1.807, 2.05) is 0 Å². The van der Waals surface area contributed by atoms with E-state index in [2.05, 4.69) is 14.8 Å². The molecule has 0 aliphatic heterocycles. The molecule has 0 fully saturated rings. The van der Waals surface area contributed by atoms with Crippen LogP contribution in [-0.4, -0.2) is 26.2 Å². The number of anilines is 1. The molecule has 0 aliphatic carbocycles. The molecule has 0 aliphatic rings. The van der Waals surface area contributed by atoms with Crippen molar-refractivity contribution in [2.45, 2.75) is 6.92 Å². The first kappa shape index (κ1) is 16.3. The number of halogens is 2. The molecule has 0 saturated heterocycles. The van der Waals surface area contributed by atoms with E-state index >= 15 is 0 Å². The Labute approximate surface area is 126 Å². The minimum absolute atomic E-state index is 0.131. The first-order valence-electron chi connectivity index (χ1n) is 5.50. The molecule has 0 aromatic heterocycles. The second-order valence-electron chi connectivity index (χ2n) is 3.75. The molecule has 7 heteroatoms. The lowest BCUT2D eigenvalue weighted by atomic mass is 10.2. The second-order valence-corrected chi connectivity index (χ2v) is 4.54. The summed E-state index contributed by atoms with van der Waals surface area (Å²) in [5.41, 5.74) is 0.948. The molecule has 1 aromatic rings. The summed E-state index contributed by atoms with van der Waals surface area (Å²) in [6.07, 6.45) is 0.959. The van der Waals surface area contributed by atoms with Crippen LogP contribution in [-0.2, 0) is 19.1 Å². The van der Waals surface area contributed by atoms with Crippen molar-refractivity contribution in [1.29, 1.82) is 0 Å². The number of esters is 2. The number of carbonyl (C=O) groups excluding carboxylic acids is 2. The molecule has 0 saturated carbocycles.